The molecule has 0 bridgehead atoms. The van der Waals surface area contributed by atoms with Gasteiger partial charge in [0.05, 0.1) is 0 Å². The zero-order valence-electron chi connectivity index (χ0n) is 16.5. The van der Waals surface area contributed by atoms with E-state index in [1.165, 1.54) is 16.1 Å². The Morgan fingerprint density at radius 3 is 2.50 bits per heavy atom. The lowest BCUT2D eigenvalue weighted by molar-refractivity contribution is -0.126. The van der Waals surface area contributed by atoms with Gasteiger partial charge >= 0.3 is 0 Å². The van der Waals surface area contributed by atoms with Crippen molar-refractivity contribution in [3.05, 3.63) is 47.9 Å². The van der Waals surface area contributed by atoms with E-state index in [2.05, 4.69) is 22.4 Å². The van der Waals surface area contributed by atoms with Gasteiger partial charge in [0.1, 0.15) is 5.82 Å². The highest BCUT2D eigenvalue weighted by Crippen LogP contribution is 2.23. The minimum atomic E-state index is -3.59. The Kier molecular flexibility index (Phi) is 6.51. The van der Waals surface area contributed by atoms with Gasteiger partial charge in [-0.1, -0.05) is 30.3 Å². The van der Waals surface area contributed by atoms with Crippen molar-refractivity contribution in [3.63, 3.8) is 0 Å². The minimum absolute atomic E-state index is 0.0267. The van der Waals surface area contributed by atoms with E-state index in [0.29, 0.717) is 38.3 Å². The molecule has 0 radical (unpaired) electrons. The molecule has 1 N–H and O–H groups in total. The SMILES string of the molecule is Cc1nc(S(=O)(=O)N2CCC(C(=O)NCCCc3ccccc3)CC2)cn1C. The topological polar surface area (TPSA) is 84.3 Å². The molecule has 8 heteroatoms. The average molecular weight is 405 g/mol. The lowest BCUT2D eigenvalue weighted by atomic mass is 9.97. The molecule has 0 aliphatic carbocycles. The van der Waals surface area contributed by atoms with Crippen LogP contribution in [-0.4, -0.2) is 47.8 Å². The molecule has 1 saturated heterocycles. The van der Waals surface area contributed by atoms with Crippen LogP contribution in [0.2, 0.25) is 0 Å². The molecule has 1 amide bonds. The molecule has 1 aliphatic rings. The van der Waals surface area contributed by atoms with Crippen LogP contribution in [0, 0.1) is 12.8 Å². The molecule has 1 aromatic heterocycles. The largest absolute Gasteiger partial charge is 0.356 e. The monoisotopic (exact) mass is 404 g/mol. The summed E-state index contributed by atoms with van der Waals surface area (Å²) >= 11 is 0. The summed E-state index contributed by atoms with van der Waals surface area (Å²) in [6.45, 7) is 3.10. The number of piperidine rings is 1. The fraction of sp³-hybridized carbons (Fsp3) is 0.500. The first-order chi connectivity index (χ1) is 13.4. The second-order valence-corrected chi connectivity index (χ2v) is 9.18. The zero-order chi connectivity index (χ0) is 20.1. The van der Waals surface area contributed by atoms with Gasteiger partial charge in [-0.05, 0) is 38.2 Å². The van der Waals surface area contributed by atoms with Crippen molar-refractivity contribution >= 4 is 15.9 Å². The highest BCUT2D eigenvalue weighted by molar-refractivity contribution is 7.89. The number of aromatic nitrogens is 2. The molecule has 0 saturated carbocycles. The summed E-state index contributed by atoms with van der Waals surface area (Å²) in [6, 6.07) is 10.2. The number of hydrogen-bond acceptors (Lipinski definition) is 4. The Morgan fingerprint density at radius 2 is 1.89 bits per heavy atom. The van der Waals surface area contributed by atoms with Crippen LogP contribution < -0.4 is 5.32 Å². The van der Waals surface area contributed by atoms with E-state index in [4.69, 9.17) is 0 Å². The van der Waals surface area contributed by atoms with Gasteiger partial charge in [-0.2, -0.15) is 4.31 Å². The van der Waals surface area contributed by atoms with Crippen LogP contribution in [0.5, 0.6) is 0 Å². The summed E-state index contributed by atoms with van der Waals surface area (Å²) in [6.07, 6.45) is 4.44. The van der Waals surface area contributed by atoms with Crippen molar-refractivity contribution in [1.82, 2.24) is 19.2 Å². The fourth-order valence-corrected chi connectivity index (χ4v) is 4.93. The lowest BCUT2D eigenvalue weighted by Gasteiger charge is -2.29. The molecule has 1 aliphatic heterocycles. The number of carbonyl (C=O) groups excluding carboxylic acids is 1. The first-order valence-electron chi connectivity index (χ1n) is 9.69. The Hall–Kier alpha value is -2.19. The predicted octanol–water partition coefficient (Wildman–Crippen LogP) is 1.88. The maximum Gasteiger partial charge on any atom is 0.262 e. The van der Waals surface area contributed by atoms with Gasteiger partial charge in [0.25, 0.3) is 10.0 Å². The Balaban J connectivity index is 1.44. The molecule has 2 aromatic rings. The number of rotatable bonds is 7. The number of nitrogens with zero attached hydrogens (tertiary/aromatic N) is 3. The highest BCUT2D eigenvalue weighted by atomic mass is 32.2. The molecule has 28 heavy (non-hydrogen) atoms. The van der Waals surface area contributed by atoms with Crippen molar-refractivity contribution in [1.29, 1.82) is 0 Å². The molecule has 3 rings (SSSR count). The van der Waals surface area contributed by atoms with Crippen molar-refractivity contribution in [2.24, 2.45) is 13.0 Å². The van der Waals surface area contributed by atoms with Gasteiger partial charge in [-0.25, -0.2) is 13.4 Å². The number of nitrogens with one attached hydrogen (secondary N) is 1. The van der Waals surface area contributed by atoms with Crippen molar-refractivity contribution in [2.45, 2.75) is 37.6 Å². The number of hydrogen-bond donors (Lipinski definition) is 1. The summed E-state index contributed by atoms with van der Waals surface area (Å²) in [7, 11) is -1.82. The van der Waals surface area contributed by atoms with Gasteiger partial charge in [0.15, 0.2) is 5.03 Å². The number of amides is 1. The predicted molar refractivity (Wildman–Crippen MR) is 107 cm³/mol. The van der Waals surface area contributed by atoms with E-state index < -0.39 is 10.0 Å². The van der Waals surface area contributed by atoms with Gasteiger partial charge in [-0.15, -0.1) is 0 Å². The first kappa shape index (κ1) is 20.5. The number of benzene rings is 1. The van der Waals surface area contributed by atoms with E-state index in [-0.39, 0.29) is 16.9 Å². The third-order valence-electron chi connectivity index (χ3n) is 5.30. The van der Waals surface area contributed by atoms with Gasteiger partial charge in [-0.3, -0.25) is 4.79 Å². The van der Waals surface area contributed by atoms with Gasteiger partial charge in [0, 0.05) is 38.8 Å². The molecule has 1 fully saturated rings. The Morgan fingerprint density at radius 1 is 1.21 bits per heavy atom. The Labute approximate surface area is 166 Å². The lowest BCUT2D eigenvalue weighted by Crippen LogP contribution is -2.43. The second-order valence-electron chi connectivity index (χ2n) is 7.30. The van der Waals surface area contributed by atoms with Crippen molar-refractivity contribution in [2.75, 3.05) is 19.6 Å². The number of carbonyl (C=O) groups is 1. The maximum absolute atomic E-state index is 12.7. The van der Waals surface area contributed by atoms with Crippen LogP contribution >= 0.6 is 0 Å². The fourth-order valence-electron chi connectivity index (χ4n) is 3.43. The quantitative estimate of drug-likeness (QED) is 0.714. The third kappa shape index (κ3) is 4.80. The van der Waals surface area contributed by atoms with Crippen LogP contribution in [0.4, 0.5) is 0 Å². The van der Waals surface area contributed by atoms with Crippen LogP contribution in [0.1, 0.15) is 30.7 Å². The first-order valence-corrected chi connectivity index (χ1v) is 11.1. The summed E-state index contributed by atoms with van der Waals surface area (Å²) in [4.78, 5) is 16.5. The Bertz CT molecular complexity index is 881. The highest BCUT2D eigenvalue weighted by Gasteiger charge is 2.33. The number of sulfonamides is 1. The summed E-state index contributed by atoms with van der Waals surface area (Å²) in [5.41, 5.74) is 1.26. The normalized spacial score (nSPS) is 16.2. The molecule has 0 unspecified atom stereocenters. The molecule has 0 atom stereocenters. The van der Waals surface area contributed by atoms with E-state index in [9.17, 15) is 13.2 Å². The summed E-state index contributed by atoms with van der Waals surface area (Å²) in [5.74, 6) is 0.552. The summed E-state index contributed by atoms with van der Waals surface area (Å²) in [5, 5.41) is 3.08. The molecule has 152 valence electrons. The number of imidazole rings is 1. The molecule has 2 heterocycles. The molecular formula is C20H28N4O3S. The third-order valence-corrected chi connectivity index (χ3v) is 7.07. The van der Waals surface area contributed by atoms with E-state index in [1.807, 2.05) is 18.2 Å². The van der Waals surface area contributed by atoms with Crippen molar-refractivity contribution < 1.29 is 13.2 Å². The molecule has 7 nitrogen and oxygen atoms in total. The summed E-state index contributed by atoms with van der Waals surface area (Å²) < 4.78 is 28.6. The number of aryl methyl sites for hydroxylation is 3. The maximum atomic E-state index is 12.7. The smallest absolute Gasteiger partial charge is 0.262 e. The molecule has 1 aromatic carbocycles. The second kappa shape index (κ2) is 8.87. The standard InChI is InChI=1S/C20H28N4O3S/c1-16-22-19(15-23(16)2)28(26,27)24-13-10-18(11-14-24)20(25)21-12-6-9-17-7-4-3-5-8-17/h3-5,7-8,15,18H,6,9-14H2,1-2H3,(H,21,25). The van der Waals surface area contributed by atoms with Crippen LogP contribution in [0.3, 0.4) is 0 Å². The van der Waals surface area contributed by atoms with Crippen LogP contribution in [0.15, 0.2) is 41.6 Å². The molecular weight excluding hydrogens is 376 g/mol. The minimum Gasteiger partial charge on any atom is -0.356 e. The zero-order valence-corrected chi connectivity index (χ0v) is 17.3. The van der Waals surface area contributed by atoms with E-state index >= 15 is 0 Å². The van der Waals surface area contributed by atoms with Crippen LogP contribution in [-0.2, 0) is 28.3 Å². The van der Waals surface area contributed by atoms with E-state index in [1.54, 1.807) is 18.5 Å². The van der Waals surface area contributed by atoms with Gasteiger partial charge in [0.2, 0.25) is 5.91 Å². The van der Waals surface area contributed by atoms with Gasteiger partial charge < -0.3 is 9.88 Å². The molecule has 0 spiro atoms. The van der Waals surface area contributed by atoms with Crippen molar-refractivity contribution in [3.8, 4) is 0 Å². The van der Waals surface area contributed by atoms with Crippen LogP contribution in [0.25, 0.3) is 0 Å². The van der Waals surface area contributed by atoms with E-state index in [0.717, 1.165) is 12.8 Å². The average Bonchev–Trinajstić information content (AvgIpc) is 3.05.